The Labute approximate surface area is 280 Å². The Hall–Kier alpha value is -5.81. The Bertz CT molecular complexity index is 2310. The Morgan fingerprint density at radius 2 is 1.45 bits per heavy atom. The fraction of sp³-hybridized carbons (Fsp3) is 0.237. The van der Waals surface area contributed by atoms with Crippen LogP contribution < -0.4 is 5.32 Å². The molecule has 0 bridgehead atoms. The van der Waals surface area contributed by atoms with E-state index in [1.54, 1.807) is 34.7 Å². The summed E-state index contributed by atoms with van der Waals surface area (Å²) in [6, 6.07) is 27.9. The molecule has 1 aliphatic heterocycles. The molecule has 2 N–H and O–H groups in total. The fourth-order valence-electron chi connectivity index (χ4n) is 7.75. The van der Waals surface area contributed by atoms with Crippen molar-refractivity contribution in [2.75, 3.05) is 6.54 Å². The van der Waals surface area contributed by atoms with E-state index in [4.69, 9.17) is 9.97 Å². The fourth-order valence-corrected chi connectivity index (χ4v) is 7.75. The third kappa shape index (κ3) is 4.35. The van der Waals surface area contributed by atoms with E-state index in [1.165, 1.54) is 4.90 Å². The molecule has 3 aromatic carbocycles. The number of carbonyl (C=O) groups is 3. The van der Waals surface area contributed by atoms with Gasteiger partial charge in [0.05, 0.1) is 33.7 Å². The van der Waals surface area contributed by atoms with Gasteiger partial charge in [-0.15, -0.1) is 10.2 Å². The van der Waals surface area contributed by atoms with Crippen molar-refractivity contribution < 1.29 is 19.5 Å². The van der Waals surface area contributed by atoms with Crippen molar-refractivity contribution in [3.8, 4) is 22.5 Å². The Morgan fingerprint density at radius 3 is 2.10 bits per heavy atom. The highest BCUT2D eigenvalue weighted by Gasteiger charge is 2.66. The number of fused-ring (bicyclic) bond motifs is 4. The molecule has 2 fully saturated rings. The largest absolute Gasteiger partial charge is 0.389 e. The smallest absolute Gasteiger partial charge is 0.289 e. The average Bonchev–Trinajstić information content (AvgIpc) is 3.84. The number of hydrogen-bond donors (Lipinski definition) is 2. The van der Waals surface area contributed by atoms with Gasteiger partial charge in [-0.3, -0.25) is 23.7 Å². The van der Waals surface area contributed by atoms with Crippen molar-refractivity contribution >= 4 is 34.5 Å². The minimum Gasteiger partial charge on any atom is -0.389 e. The molecule has 0 radical (unpaired) electrons. The molecule has 0 unspecified atom stereocenters. The van der Waals surface area contributed by atoms with Crippen LogP contribution in [0.25, 0.3) is 39.3 Å². The lowest BCUT2D eigenvalue weighted by molar-refractivity contribution is -0.143. The molecule has 11 nitrogen and oxygen atoms in total. The van der Waals surface area contributed by atoms with Gasteiger partial charge in [0.25, 0.3) is 17.7 Å². The maximum absolute atomic E-state index is 13.8. The molecule has 0 spiro atoms. The zero-order valence-electron chi connectivity index (χ0n) is 26.6. The number of benzene rings is 3. The number of hydrogen-bond acceptors (Lipinski definition) is 8. The molecule has 4 heterocycles. The molecule has 3 aliphatic rings. The van der Waals surface area contributed by atoms with Gasteiger partial charge in [0.2, 0.25) is 5.82 Å². The highest BCUT2D eigenvalue weighted by Crippen LogP contribution is 2.61. The summed E-state index contributed by atoms with van der Waals surface area (Å²) in [5.74, 6) is -0.718. The van der Waals surface area contributed by atoms with Gasteiger partial charge < -0.3 is 10.4 Å². The molecule has 11 heteroatoms. The van der Waals surface area contributed by atoms with E-state index in [2.05, 4.69) is 15.5 Å². The predicted octanol–water partition coefficient (Wildman–Crippen LogP) is 5.18. The van der Waals surface area contributed by atoms with E-state index in [0.29, 0.717) is 58.7 Å². The molecule has 9 rings (SSSR count). The topological polar surface area (TPSA) is 143 Å². The quantitative estimate of drug-likeness (QED) is 0.225. The van der Waals surface area contributed by atoms with Crippen molar-refractivity contribution in [2.45, 2.75) is 43.7 Å². The van der Waals surface area contributed by atoms with Crippen LogP contribution in [0.1, 0.15) is 69.5 Å². The highest BCUT2D eigenvalue weighted by atomic mass is 16.3. The van der Waals surface area contributed by atoms with E-state index in [0.717, 1.165) is 29.5 Å². The number of nitrogens with zero attached hydrogens (tertiary/aromatic N) is 6. The van der Waals surface area contributed by atoms with Gasteiger partial charge in [-0.2, -0.15) is 0 Å². The lowest BCUT2D eigenvalue weighted by Crippen LogP contribution is -2.65. The summed E-state index contributed by atoms with van der Waals surface area (Å²) in [7, 11) is 0. The molecule has 0 saturated heterocycles. The number of nitrogens with one attached hydrogen (secondary N) is 1. The van der Waals surface area contributed by atoms with Crippen LogP contribution in [0.15, 0.2) is 91.0 Å². The molecular formula is C38H31N7O4. The van der Waals surface area contributed by atoms with E-state index < -0.39 is 11.1 Å². The number of rotatable bonds is 7. The summed E-state index contributed by atoms with van der Waals surface area (Å²) in [5, 5.41) is 22.7. The number of aliphatic hydroxyl groups is 1. The van der Waals surface area contributed by atoms with Gasteiger partial charge in [-0.05, 0) is 55.5 Å². The standard InChI is InChI=1S/C38H31N7O4/c1-2-39-34(46)33-43-42-29-19-18-28-32(44(29)33)41-31(22-8-4-3-5-9-22)30(40-28)23-12-14-24(15-13-23)37(20-38(49,21-37)25-16-17-25)45-35(47)26-10-6-7-11-27(26)36(45)48/h3-15,18-19,25,49H,2,16-17,20-21H2,1H3,(H,39,46). The third-order valence-electron chi connectivity index (χ3n) is 10.2. The first-order chi connectivity index (χ1) is 23.8. The van der Waals surface area contributed by atoms with Crippen LogP contribution in [0.2, 0.25) is 0 Å². The van der Waals surface area contributed by atoms with Crippen molar-refractivity contribution in [3.05, 3.63) is 114 Å². The molecule has 2 aliphatic carbocycles. The number of pyridine rings is 1. The molecule has 3 amide bonds. The number of carbonyl (C=O) groups excluding carboxylic acids is 3. The maximum atomic E-state index is 13.8. The van der Waals surface area contributed by atoms with E-state index in [-0.39, 0.29) is 29.5 Å². The summed E-state index contributed by atoms with van der Waals surface area (Å²) in [5.41, 5.74) is 3.97. The van der Waals surface area contributed by atoms with Crippen LogP contribution in [-0.2, 0) is 5.54 Å². The van der Waals surface area contributed by atoms with Crippen LogP contribution in [0, 0.1) is 5.92 Å². The predicted molar refractivity (Wildman–Crippen MR) is 180 cm³/mol. The first kappa shape index (κ1) is 29.3. The van der Waals surface area contributed by atoms with Gasteiger partial charge in [0.1, 0.15) is 5.52 Å². The zero-order chi connectivity index (χ0) is 33.5. The normalized spacial score (nSPS) is 21.6. The second kappa shape index (κ2) is 10.6. The van der Waals surface area contributed by atoms with Crippen LogP contribution in [0.3, 0.4) is 0 Å². The van der Waals surface area contributed by atoms with Crippen molar-refractivity contribution in [1.29, 1.82) is 0 Å². The van der Waals surface area contributed by atoms with Crippen molar-refractivity contribution in [3.63, 3.8) is 0 Å². The number of imide groups is 1. The molecule has 3 aromatic heterocycles. The lowest BCUT2D eigenvalue weighted by Gasteiger charge is -2.57. The molecule has 0 atom stereocenters. The van der Waals surface area contributed by atoms with E-state index in [1.807, 2.05) is 67.6 Å². The van der Waals surface area contributed by atoms with Crippen LogP contribution >= 0.6 is 0 Å². The Morgan fingerprint density at radius 1 is 0.816 bits per heavy atom. The minimum absolute atomic E-state index is 0.123. The van der Waals surface area contributed by atoms with Crippen LogP contribution in [0.4, 0.5) is 0 Å². The average molecular weight is 650 g/mol. The first-order valence-corrected chi connectivity index (χ1v) is 16.5. The molecule has 6 aromatic rings. The second-order valence-electron chi connectivity index (χ2n) is 13.2. The minimum atomic E-state index is -0.976. The van der Waals surface area contributed by atoms with Gasteiger partial charge in [-0.25, -0.2) is 9.97 Å². The first-order valence-electron chi connectivity index (χ1n) is 16.5. The number of aromatic nitrogens is 5. The molecule has 49 heavy (non-hydrogen) atoms. The monoisotopic (exact) mass is 649 g/mol. The third-order valence-corrected chi connectivity index (χ3v) is 10.2. The number of amides is 3. The lowest BCUT2D eigenvalue weighted by atomic mass is 9.58. The summed E-state index contributed by atoms with van der Waals surface area (Å²) in [4.78, 5) is 52.0. The van der Waals surface area contributed by atoms with Gasteiger partial charge in [0, 0.05) is 30.5 Å². The van der Waals surface area contributed by atoms with Crippen molar-refractivity contribution in [2.24, 2.45) is 5.92 Å². The zero-order valence-corrected chi connectivity index (χ0v) is 26.6. The second-order valence-corrected chi connectivity index (χ2v) is 13.2. The SMILES string of the molecule is CCNC(=O)c1nnc2ccc3nc(-c4ccc(C5(N6C(=O)c7ccccc7C6=O)CC(O)(C6CC6)C5)cc4)c(-c4ccccc4)nc3n12. The van der Waals surface area contributed by atoms with Gasteiger partial charge in [0.15, 0.2) is 11.3 Å². The van der Waals surface area contributed by atoms with Gasteiger partial charge in [-0.1, -0.05) is 66.7 Å². The summed E-state index contributed by atoms with van der Waals surface area (Å²) < 4.78 is 1.62. The summed E-state index contributed by atoms with van der Waals surface area (Å²) in [6.45, 7) is 2.28. The van der Waals surface area contributed by atoms with Crippen molar-refractivity contribution in [1.82, 2.24) is 34.8 Å². The van der Waals surface area contributed by atoms with Gasteiger partial charge >= 0.3 is 0 Å². The Balaban J connectivity index is 1.17. The molecule has 2 saturated carbocycles. The van der Waals surface area contributed by atoms with Crippen LogP contribution in [0.5, 0.6) is 0 Å². The van der Waals surface area contributed by atoms with E-state index >= 15 is 0 Å². The van der Waals surface area contributed by atoms with Crippen LogP contribution in [-0.4, -0.2) is 64.4 Å². The maximum Gasteiger partial charge on any atom is 0.289 e. The summed E-state index contributed by atoms with van der Waals surface area (Å²) in [6.07, 6.45) is 2.48. The Kier molecular flexibility index (Phi) is 6.34. The summed E-state index contributed by atoms with van der Waals surface area (Å²) >= 11 is 0. The molecule has 242 valence electrons. The van der Waals surface area contributed by atoms with E-state index in [9.17, 15) is 19.5 Å². The highest BCUT2D eigenvalue weighted by molar-refractivity contribution is 6.22. The molecular weight excluding hydrogens is 618 g/mol.